The van der Waals surface area contributed by atoms with Gasteiger partial charge in [-0.1, -0.05) is 6.07 Å². The molecule has 1 saturated heterocycles. The molecule has 0 saturated carbocycles. The van der Waals surface area contributed by atoms with Crippen molar-refractivity contribution in [3.05, 3.63) is 95.0 Å². The Labute approximate surface area is 189 Å². The summed E-state index contributed by atoms with van der Waals surface area (Å²) in [5.74, 6) is -0.0670. The van der Waals surface area contributed by atoms with Gasteiger partial charge in [-0.15, -0.1) is 5.10 Å². The van der Waals surface area contributed by atoms with Crippen molar-refractivity contribution in [1.82, 2.24) is 24.2 Å². The lowest BCUT2D eigenvalue weighted by Gasteiger charge is -2.24. The number of hydrogen-bond donors (Lipinski definition) is 0. The molecule has 0 N–H and O–H groups in total. The molecule has 0 aliphatic carbocycles. The van der Waals surface area contributed by atoms with Gasteiger partial charge in [-0.3, -0.25) is 14.5 Å². The van der Waals surface area contributed by atoms with Gasteiger partial charge in [-0.25, -0.2) is 13.5 Å². The van der Waals surface area contributed by atoms with E-state index in [0.717, 1.165) is 24.9 Å². The summed E-state index contributed by atoms with van der Waals surface area (Å²) >= 11 is 5.80. The predicted molar refractivity (Wildman–Crippen MR) is 121 cm³/mol. The maximum absolute atomic E-state index is 13.5. The minimum Gasteiger partial charge on any atom is -0.277 e. The van der Waals surface area contributed by atoms with Crippen LogP contribution in [-0.4, -0.2) is 30.8 Å². The molecule has 4 aromatic rings. The van der Waals surface area contributed by atoms with Crippen molar-refractivity contribution >= 4 is 12.2 Å². The minimum atomic E-state index is -0.327. The largest absolute Gasteiger partial charge is 0.277 e. The molecule has 162 valence electrons. The van der Waals surface area contributed by atoms with Crippen molar-refractivity contribution in [2.75, 3.05) is 6.54 Å². The van der Waals surface area contributed by atoms with Crippen LogP contribution in [0.5, 0.6) is 0 Å². The summed E-state index contributed by atoms with van der Waals surface area (Å²) in [5, 5.41) is 4.80. The third-order valence-corrected chi connectivity index (χ3v) is 6.17. The summed E-state index contributed by atoms with van der Waals surface area (Å²) in [6.45, 7) is 1.44. The second-order valence-corrected chi connectivity index (χ2v) is 8.19. The summed E-state index contributed by atoms with van der Waals surface area (Å²) in [7, 11) is 0. The first kappa shape index (κ1) is 20.7. The maximum atomic E-state index is 13.5. The Morgan fingerprint density at radius 3 is 2.38 bits per heavy atom. The van der Waals surface area contributed by atoms with Crippen molar-refractivity contribution in [2.24, 2.45) is 0 Å². The Morgan fingerprint density at radius 2 is 1.69 bits per heavy atom. The highest BCUT2D eigenvalue weighted by Crippen LogP contribution is 2.32. The molecule has 2 aromatic heterocycles. The quantitative estimate of drug-likeness (QED) is 0.375. The zero-order valence-electron chi connectivity index (χ0n) is 17.2. The number of halogens is 2. The topological polar surface area (TPSA) is 38.9 Å². The van der Waals surface area contributed by atoms with Crippen molar-refractivity contribution in [3.8, 4) is 17.1 Å². The predicted octanol–water partition coefficient (Wildman–Crippen LogP) is 5.54. The highest BCUT2D eigenvalue weighted by molar-refractivity contribution is 7.71. The number of hydrogen-bond acceptors (Lipinski definition) is 4. The number of likely N-dealkylation sites (tertiary alicyclic amines) is 1. The third-order valence-electron chi connectivity index (χ3n) is 5.78. The molecule has 0 bridgehead atoms. The van der Waals surface area contributed by atoms with E-state index in [0.29, 0.717) is 23.0 Å². The minimum absolute atomic E-state index is 0.246. The number of pyridine rings is 1. The Bertz CT molecular complexity index is 1270. The Morgan fingerprint density at radius 1 is 0.969 bits per heavy atom. The SMILES string of the molecule is Fc1ccc(-c2nn(CN3CCCC3c3cccnc3)c(=S)n2-c2ccc(F)cc2)cc1. The van der Waals surface area contributed by atoms with Crippen LogP contribution >= 0.6 is 12.2 Å². The van der Waals surface area contributed by atoms with E-state index in [1.807, 2.05) is 12.3 Å². The van der Waals surface area contributed by atoms with Crippen LogP contribution in [0.1, 0.15) is 24.4 Å². The summed E-state index contributed by atoms with van der Waals surface area (Å²) < 4.78 is 31.1. The average Bonchev–Trinajstić information content (AvgIpc) is 3.41. The number of aromatic nitrogens is 4. The molecular weight excluding hydrogens is 428 g/mol. The van der Waals surface area contributed by atoms with Crippen molar-refractivity contribution in [1.29, 1.82) is 0 Å². The molecule has 1 atom stereocenters. The van der Waals surface area contributed by atoms with E-state index in [1.165, 1.54) is 29.8 Å². The molecule has 1 aliphatic rings. The highest BCUT2D eigenvalue weighted by atomic mass is 32.1. The van der Waals surface area contributed by atoms with Gasteiger partial charge < -0.3 is 0 Å². The van der Waals surface area contributed by atoms with Gasteiger partial charge in [0.25, 0.3) is 0 Å². The van der Waals surface area contributed by atoms with E-state index < -0.39 is 0 Å². The molecule has 1 fully saturated rings. The van der Waals surface area contributed by atoms with Crippen molar-refractivity contribution in [3.63, 3.8) is 0 Å². The first-order valence-corrected chi connectivity index (χ1v) is 10.9. The van der Waals surface area contributed by atoms with Gasteiger partial charge in [0.05, 0.1) is 12.4 Å². The normalized spacial score (nSPS) is 16.5. The van der Waals surface area contributed by atoms with Gasteiger partial charge in [0.1, 0.15) is 11.6 Å². The van der Waals surface area contributed by atoms with Crippen LogP contribution in [0, 0.1) is 16.4 Å². The Hall–Kier alpha value is -3.23. The van der Waals surface area contributed by atoms with Gasteiger partial charge >= 0.3 is 0 Å². The molecule has 32 heavy (non-hydrogen) atoms. The molecule has 5 rings (SSSR count). The van der Waals surface area contributed by atoms with Crippen LogP contribution in [-0.2, 0) is 6.67 Å². The van der Waals surface area contributed by atoms with Crippen LogP contribution in [0.15, 0.2) is 73.1 Å². The van der Waals surface area contributed by atoms with Gasteiger partial charge in [-0.05, 0) is 85.2 Å². The van der Waals surface area contributed by atoms with Crippen LogP contribution < -0.4 is 0 Å². The highest BCUT2D eigenvalue weighted by Gasteiger charge is 2.27. The van der Waals surface area contributed by atoms with Gasteiger partial charge in [-0.2, -0.15) is 0 Å². The molecule has 0 amide bonds. The molecular formula is C24H21F2N5S. The fourth-order valence-corrected chi connectivity index (χ4v) is 4.52. The first-order chi connectivity index (χ1) is 15.6. The van der Waals surface area contributed by atoms with Crippen LogP contribution in [0.2, 0.25) is 0 Å². The van der Waals surface area contributed by atoms with Crippen molar-refractivity contribution in [2.45, 2.75) is 25.6 Å². The maximum Gasteiger partial charge on any atom is 0.204 e. The molecule has 0 spiro atoms. The zero-order valence-corrected chi connectivity index (χ0v) is 18.1. The molecule has 5 nitrogen and oxygen atoms in total. The lowest BCUT2D eigenvalue weighted by Crippen LogP contribution is -2.27. The summed E-state index contributed by atoms with van der Waals surface area (Å²) in [4.78, 5) is 6.60. The van der Waals surface area contributed by atoms with Gasteiger partial charge in [0.15, 0.2) is 5.82 Å². The molecule has 1 unspecified atom stereocenters. The molecule has 2 aromatic carbocycles. The van der Waals surface area contributed by atoms with Crippen LogP contribution in [0.3, 0.4) is 0 Å². The molecule has 3 heterocycles. The van der Waals surface area contributed by atoms with E-state index in [-0.39, 0.29) is 17.7 Å². The number of rotatable bonds is 5. The smallest absolute Gasteiger partial charge is 0.204 e. The average molecular weight is 450 g/mol. The summed E-state index contributed by atoms with van der Waals surface area (Å²) in [6.07, 6.45) is 5.81. The van der Waals surface area contributed by atoms with Crippen molar-refractivity contribution < 1.29 is 8.78 Å². The Kier molecular flexibility index (Phi) is 5.63. The summed E-state index contributed by atoms with van der Waals surface area (Å²) in [6, 6.07) is 16.5. The fraction of sp³-hybridized carbons (Fsp3) is 0.208. The lowest BCUT2D eigenvalue weighted by atomic mass is 10.1. The van der Waals surface area contributed by atoms with E-state index >= 15 is 0 Å². The monoisotopic (exact) mass is 449 g/mol. The summed E-state index contributed by atoms with van der Waals surface area (Å²) in [5.41, 5.74) is 2.60. The first-order valence-electron chi connectivity index (χ1n) is 10.5. The van der Waals surface area contributed by atoms with Crippen LogP contribution in [0.25, 0.3) is 17.1 Å². The van der Waals surface area contributed by atoms with E-state index in [2.05, 4.69) is 16.0 Å². The second kappa shape index (κ2) is 8.72. The molecule has 8 heteroatoms. The fourth-order valence-electron chi connectivity index (χ4n) is 4.23. The van der Waals surface area contributed by atoms with Gasteiger partial charge in [0.2, 0.25) is 4.77 Å². The van der Waals surface area contributed by atoms with E-state index in [1.54, 1.807) is 39.7 Å². The Balaban J connectivity index is 1.56. The molecule has 1 aliphatic heterocycles. The number of nitrogens with zero attached hydrogens (tertiary/aromatic N) is 5. The third kappa shape index (κ3) is 3.99. The van der Waals surface area contributed by atoms with E-state index in [9.17, 15) is 8.78 Å². The van der Waals surface area contributed by atoms with Gasteiger partial charge in [0, 0.05) is 30.5 Å². The lowest BCUT2D eigenvalue weighted by molar-refractivity contribution is 0.190. The van der Waals surface area contributed by atoms with E-state index in [4.69, 9.17) is 17.3 Å². The molecule has 0 radical (unpaired) electrons. The standard InChI is InChI=1S/C24H21F2N5S/c25-19-7-5-17(6-8-19)23-28-30(24(32)31(23)21-11-9-20(26)10-12-21)16-29-14-2-4-22(29)18-3-1-13-27-15-18/h1,3,5-13,15,22H,2,4,14,16H2. The number of benzene rings is 2. The zero-order chi connectivity index (χ0) is 22.1. The van der Waals surface area contributed by atoms with Crippen LogP contribution in [0.4, 0.5) is 8.78 Å². The second-order valence-electron chi connectivity index (χ2n) is 7.82.